The average molecular weight is 258 g/mol. The largest absolute Gasteiger partial charge is 0.501 e. The summed E-state index contributed by atoms with van der Waals surface area (Å²) in [4.78, 5) is 33.2. The van der Waals surface area contributed by atoms with Gasteiger partial charge in [0.15, 0.2) is 0 Å². The van der Waals surface area contributed by atoms with Crippen molar-refractivity contribution in [3.63, 3.8) is 0 Å². The maximum absolute atomic E-state index is 11.2. The second-order valence-electron chi connectivity index (χ2n) is 3.06. The maximum Gasteiger partial charge on any atom is 0.321 e. The van der Waals surface area contributed by atoms with Crippen molar-refractivity contribution in [2.24, 2.45) is 0 Å². The number of carbonyl (C=O) groups excluding carboxylic acids is 3. The number of hydrogen-bond donors (Lipinski definition) is 2. The zero-order chi connectivity index (χ0) is 13.8. The summed E-state index contributed by atoms with van der Waals surface area (Å²) in [6.07, 6.45) is 2.35. The summed E-state index contributed by atoms with van der Waals surface area (Å²) in [7, 11) is 0. The van der Waals surface area contributed by atoms with Gasteiger partial charge in [-0.3, -0.25) is 14.9 Å². The molecule has 7 nitrogen and oxygen atoms in total. The lowest BCUT2D eigenvalue weighted by molar-refractivity contribution is -0.142. The van der Waals surface area contributed by atoms with Crippen molar-refractivity contribution in [2.75, 3.05) is 19.8 Å². The first-order valence-corrected chi connectivity index (χ1v) is 5.62. The fourth-order valence-electron chi connectivity index (χ4n) is 0.915. The predicted octanol–water partition coefficient (Wildman–Crippen LogP) is 0.316. The minimum atomic E-state index is -0.676. The smallest absolute Gasteiger partial charge is 0.321 e. The van der Waals surface area contributed by atoms with E-state index in [1.165, 1.54) is 6.26 Å². The molecular formula is C11H18N2O5. The van der Waals surface area contributed by atoms with Crippen molar-refractivity contribution in [1.82, 2.24) is 10.6 Å². The Morgan fingerprint density at radius 1 is 1.17 bits per heavy atom. The summed E-state index contributed by atoms with van der Waals surface area (Å²) in [5.74, 6) is -1.00. The molecule has 0 saturated carbocycles. The molecule has 7 heteroatoms. The van der Waals surface area contributed by atoms with Gasteiger partial charge in [-0.15, -0.1) is 0 Å². The molecule has 0 heterocycles. The molecule has 0 atom stereocenters. The number of ether oxygens (including phenoxy) is 2. The molecule has 102 valence electrons. The summed E-state index contributed by atoms with van der Waals surface area (Å²) in [6.45, 7) is 4.31. The molecular weight excluding hydrogens is 240 g/mol. The van der Waals surface area contributed by atoms with E-state index < -0.39 is 17.9 Å². The number of amides is 3. The van der Waals surface area contributed by atoms with E-state index >= 15 is 0 Å². The second-order valence-corrected chi connectivity index (χ2v) is 3.06. The Hall–Kier alpha value is -2.05. The molecule has 0 aliphatic heterocycles. The highest BCUT2D eigenvalue weighted by Crippen LogP contribution is 1.84. The third-order valence-corrected chi connectivity index (χ3v) is 1.64. The van der Waals surface area contributed by atoms with Crippen LogP contribution in [0.3, 0.4) is 0 Å². The van der Waals surface area contributed by atoms with E-state index in [1.807, 2.05) is 5.32 Å². The molecule has 0 spiro atoms. The first-order valence-electron chi connectivity index (χ1n) is 5.62. The second kappa shape index (κ2) is 10.1. The van der Waals surface area contributed by atoms with Gasteiger partial charge in [-0.05, 0) is 13.8 Å². The van der Waals surface area contributed by atoms with Gasteiger partial charge >= 0.3 is 12.0 Å². The first kappa shape index (κ1) is 16.0. The molecule has 0 radical (unpaired) electrons. The lowest BCUT2D eigenvalue weighted by Gasteiger charge is -2.04. The van der Waals surface area contributed by atoms with Crippen LogP contribution in [0.5, 0.6) is 0 Å². The van der Waals surface area contributed by atoms with E-state index in [2.05, 4.69) is 10.1 Å². The molecule has 0 aromatic carbocycles. The first-order chi connectivity index (χ1) is 8.60. The van der Waals surface area contributed by atoms with Gasteiger partial charge in [0, 0.05) is 12.6 Å². The number of carbonyl (C=O) groups is 3. The highest BCUT2D eigenvalue weighted by atomic mass is 16.5. The van der Waals surface area contributed by atoms with Crippen molar-refractivity contribution >= 4 is 17.9 Å². The number of imide groups is 1. The Kier molecular flexibility index (Phi) is 8.97. The standard InChI is InChI=1S/C11H18N2O5/c1-3-17-8-6-9(14)13-11(16)12-7-5-10(15)18-4-2/h6,8H,3-5,7H2,1-2H3,(H2,12,13,14,16). The number of hydrogen-bond acceptors (Lipinski definition) is 5. The zero-order valence-corrected chi connectivity index (χ0v) is 10.5. The van der Waals surface area contributed by atoms with Crippen LogP contribution in [0.2, 0.25) is 0 Å². The van der Waals surface area contributed by atoms with E-state index in [0.717, 1.165) is 6.08 Å². The van der Waals surface area contributed by atoms with Crippen LogP contribution in [-0.2, 0) is 19.1 Å². The summed E-state index contributed by atoms with van der Waals surface area (Å²) in [6, 6.07) is -0.676. The molecule has 2 N–H and O–H groups in total. The number of nitrogens with one attached hydrogen (secondary N) is 2. The van der Waals surface area contributed by atoms with Gasteiger partial charge in [0.25, 0.3) is 5.91 Å². The highest BCUT2D eigenvalue weighted by molar-refractivity contribution is 6.00. The molecule has 0 aliphatic rings. The van der Waals surface area contributed by atoms with Gasteiger partial charge in [0.1, 0.15) is 0 Å². The quantitative estimate of drug-likeness (QED) is 0.389. The molecule has 0 bridgehead atoms. The molecule has 3 amide bonds. The number of rotatable bonds is 7. The molecule has 18 heavy (non-hydrogen) atoms. The Morgan fingerprint density at radius 3 is 2.50 bits per heavy atom. The third kappa shape index (κ3) is 9.20. The molecule has 0 aliphatic carbocycles. The van der Waals surface area contributed by atoms with Gasteiger partial charge in [-0.25, -0.2) is 4.79 Å². The summed E-state index contributed by atoms with van der Waals surface area (Å²) in [5, 5.41) is 4.38. The van der Waals surface area contributed by atoms with Gasteiger partial charge < -0.3 is 14.8 Å². The Bertz CT molecular complexity index is 315. The number of esters is 1. The minimum absolute atomic E-state index is 0.0598. The molecule has 0 saturated heterocycles. The lowest BCUT2D eigenvalue weighted by Crippen LogP contribution is -2.39. The molecule has 0 rings (SSSR count). The fourth-order valence-corrected chi connectivity index (χ4v) is 0.915. The summed E-state index contributed by atoms with van der Waals surface area (Å²) in [5.41, 5.74) is 0. The molecule has 0 unspecified atom stereocenters. The Labute approximate surface area is 106 Å². The van der Waals surface area contributed by atoms with E-state index in [4.69, 9.17) is 4.74 Å². The van der Waals surface area contributed by atoms with Gasteiger partial charge in [0.05, 0.1) is 25.9 Å². The van der Waals surface area contributed by atoms with Gasteiger partial charge in [-0.2, -0.15) is 0 Å². The molecule has 0 aromatic rings. The van der Waals surface area contributed by atoms with E-state index in [-0.39, 0.29) is 13.0 Å². The topological polar surface area (TPSA) is 93.7 Å². The van der Waals surface area contributed by atoms with E-state index in [0.29, 0.717) is 13.2 Å². The van der Waals surface area contributed by atoms with Crippen molar-refractivity contribution < 1.29 is 23.9 Å². The van der Waals surface area contributed by atoms with Gasteiger partial charge in [0.2, 0.25) is 0 Å². The summed E-state index contributed by atoms with van der Waals surface area (Å²) >= 11 is 0. The lowest BCUT2D eigenvalue weighted by atomic mass is 10.4. The Balaban J connectivity index is 3.71. The van der Waals surface area contributed by atoms with Crippen molar-refractivity contribution in [2.45, 2.75) is 20.3 Å². The average Bonchev–Trinajstić information content (AvgIpc) is 2.29. The van der Waals surface area contributed by atoms with Crippen LogP contribution in [0.1, 0.15) is 20.3 Å². The fraction of sp³-hybridized carbons (Fsp3) is 0.545. The van der Waals surface area contributed by atoms with Crippen molar-refractivity contribution in [3.8, 4) is 0 Å². The minimum Gasteiger partial charge on any atom is -0.501 e. The molecule has 0 aromatic heterocycles. The van der Waals surface area contributed by atoms with Crippen LogP contribution in [-0.4, -0.2) is 37.7 Å². The predicted molar refractivity (Wildman–Crippen MR) is 63.6 cm³/mol. The normalized spacial score (nSPS) is 9.89. The third-order valence-electron chi connectivity index (χ3n) is 1.64. The van der Waals surface area contributed by atoms with E-state index in [9.17, 15) is 14.4 Å². The maximum atomic E-state index is 11.2. The van der Waals surface area contributed by atoms with Crippen molar-refractivity contribution in [3.05, 3.63) is 12.3 Å². The number of urea groups is 1. The Morgan fingerprint density at radius 2 is 1.89 bits per heavy atom. The van der Waals surface area contributed by atoms with Gasteiger partial charge in [-0.1, -0.05) is 0 Å². The molecule has 0 fully saturated rings. The van der Waals surface area contributed by atoms with Crippen LogP contribution in [0.4, 0.5) is 4.79 Å². The summed E-state index contributed by atoms with van der Waals surface area (Å²) < 4.78 is 9.46. The SMILES string of the molecule is CCOC=CC(=O)NC(=O)NCCC(=O)OCC. The van der Waals surface area contributed by atoms with E-state index in [1.54, 1.807) is 13.8 Å². The van der Waals surface area contributed by atoms with Crippen LogP contribution >= 0.6 is 0 Å². The van der Waals surface area contributed by atoms with Crippen LogP contribution in [0.25, 0.3) is 0 Å². The van der Waals surface area contributed by atoms with Crippen molar-refractivity contribution in [1.29, 1.82) is 0 Å². The zero-order valence-electron chi connectivity index (χ0n) is 10.5. The monoisotopic (exact) mass is 258 g/mol. The van der Waals surface area contributed by atoms with Crippen LogP contribution < -0.4 is 10.6 Å². The highest BCUT2D eigenvalue weighted by Gasteiger charge is 2.06. The van der Waals surface area contributed by atoms with Crippen LogP contribution in [0.15, 0.2) is 12.3 Å². The van der Waals surface area contributed by atoms with Crippen LogP contribution in [0, 0.1) is 0 Å².